The normalized spacial score (nSPS) is 16.4. The molecule has 1 aliphatic heterocycles. The van der Waals surface area contributed by atoms with E-state index in [9.17, 15) is 0 Å². The molecule has 1 aromatic carbocycles. The summed E-state index contributed by atoms with van der Waals surface area (Å²) in [7, 11) is 1.71. The monoisotopic (exact) mass is 287 g/mol. The van der Waals surface area contributed by atoms with Gasteiger partial charge in [-0.05, 0) is 31.5 Å². The highest BCUT2D eigenvalue weighted by molar-refractivity contribution is 5.81. The number of aromatic amines is 1. The number of pyridine rings is 1. The van der Waals surface area contributed by atoms with Crippen LogP contribution in [0.4, 0.5) is 5.82 Å². The third kappa shape index (κ3) is 2.81. The van der Waals surface area contributed by atoms with E-state index in [-0.39, 0.29) is 0 Å². The first-order chi connectivity index (χ1) is 10.2. The Morgan fingerprint density at radius 2 is 2.00 bits per heavy atom. The Kier molecular flexibility index (Phi) is 3.97. The van der Waals surface area contributed by atoms with Crippen LogP contribution in [0.1, 0.15) is 12.5 Å². The van der Waals surface area contributed by atoms with E-state index in [0.29, 0.717) is 0 Å². The Balaban J connectivity index is 1.92. The molecule has 0 saturated carbocycles. The van der Waals surface area contributed by atoms with Crippen LogP contribution in [-0.4, -0.2) is 39.8 Å². The zero-order valence-corrected chi connectivity index (χ0v) is 13.2. The lowest BCUT2D eigenvalue weighted by Crippen LogP contribution is -3.14. The van der Waals surface area contributed by atoms with Crippen LogP contribution in [0, 0.1) is 6.92 Å². The van der Waals surface area contributed by atoms with Gasteiger partial charge in [-0.3, -0.25) is 4.90 Å². The molecule has 4 nitrogen and oxygen atoms in total. The summed E-state index contributed by atoms with van der Waals surface area (Å²) in [5, 5.41) is 1.26. The second kappa shape index (κ2) is 5.90. The first-order valence-electron chi connectivity index (χ1n) is 7.80. The summed E-state index contributed by atoms with van der Waals surface area (Å²) in [6.07, 6.45) is 0. The second-order valence-corrected chi connectivity index (χ2v) is 5.84. The Labute approximate surface area is 126 Å². The van der Waals surface area contributed by atoms with Crippen LogP contribution in [-0.2, 0) is 0 Å². The molecular weight excluding hydrogens is 262 g/mol. The van der Waals surface area contributed by atoms with Gasteiger partial charge in [-0.2, -0.15) is 0 Å². The standard InChI is InChI=1S/C17H23N3O/c1-4-19-7-9-20(10-8-19)17-11-13(2)15-6-5-14(21-3)12-16(15)18-17/h5-6,11-12H,4,7-10H2,1-3H3/p+2. The molecule has 112 valence electrons. The van der Waals surface area contributed by atoms with E-state index in [1.165, 1.54) is 36.4 Å². The summed E-state index contributed by atoms with van der Waals surface area (Å²) in [6.45, 7) is 10.4. The Morgan fingerprint density at radius 1 is 1.24 bits per heavy atom. The van der Waals surface area contributed by atoms with E-state index in [4.69, 9.17) is 4.74 Å². The van der Waals surface area contributed by atoms with Gasteiger partial charge >= 0.3 is 0 Å². The van der Waals surface area contributed by atoms with Crippen molar-refractivity contribution in [3.8, 4) is 5.75 Å². The molecule has 1 aromatic heterocycles. The lowest BCUT2D eigenvalue weighted by atomic mass is 10.1. The maximum absolute atomic E-state index is 5.34. The molecule has 0 atom stereocenters. The molecule has 2 N–H and O–H groups in total. The minimum absolute atomic E-state index is 0.899. The van der Waals surface area contributed by atoms with Gasteiger partial charge in [0.2, 0.25) is 0 Å². The predicted octanol–water partition coefficient (Wildman–Crippen LogP) is 0.696. The quantitative estimate of drug-likeness (QED) is 0.901. The molecule has 0 amide bonds. The molecule has 1 fully saturated rings. The summed E-state index contributed by atoms with van der Waals surface area (Å²) in [5.41, 5.74) is 2.46. The van der Waals surface area contributed by atoms with Gasteiger partial charge in [0.15, 0.2) is 0 Å². The number of nitrogens with one attached hydrogen (secondary N) is 2. The van der Waals surface area contributed by atoms with Crippen LogP contribution in [0.3, 0.4) is 0 Å². The molecule has 0 bridgehead atoms. The number of piperazine rings is 1. The summed E-state index contributed by atoms with van der Waals surface area (Å²) >= 11 is 0. The topological polar surface area (TPSA) is 31.1 Å². The van der Waals surface area contributed by atoms with Crippen molar-refractivity contribution >= 4 is 16.7 Å². The predicted molar refractivity (Wildman–Crippen MR) is 85.2 cm³/mol. The number of methoxy groups -OCH3 is 1. The first-order valence-corrected chi connectivity index (χ1v) is 7.80. The fourth-order valence-electron chi connectivity index (χ4n) is 3.14. The summed E-state index contributed by atoms with van der Waals surface area (Å²) in [5.74, 6) is 2.12. The molecule has 0 aliphatic carbocycles. The van der Waals surface area contributed by atoms with Gasteiger partial charge < -0.3 is 9.64 Å². The van der Waals surface area contributed by atoms with Crippen molar-refractivity contribution in [2.45, 2.75) is 13.8 Å². The smallest absolute Gasteiger partial charge is 0.275 e. The summed E-state index contributed by atoms with van der Waals surface area (Å²) < 4.78 is 5.34. The van der Waals surface area contributed by atoms with Gasteiger partial charge in [0.05, 0.1) is 13.7 Å². The maximum Gasteiger partial charge on any atom is 0.275 e. The zero-order chi connectivity index (χ0) is 14.8. The van der Waals surface area contributed by atoms with Gasteiger partial charge in [-0.15, -0.1) is 0 Å². The molecule has 3 rings (SSSR count). The highest BCUT2D eigenvalue weighted by Crippen LogP contribution is 2.23. The van der Waals surface area contributed by atoms with Gasteiger partial charge in [0.25, 0.3) is 5.82 Å². The highest BCUT2D eigenvalue weighted by atomic mass is 16.5. The molecule has 21 heavy (non-hydrogen) atoms. The Hall–Kier alpha value is -1.81. The minimum atomic E-state index is 0.899. The maximum atomic E-state index is 5.34. The lowest BCUT2D eigenvalue weighted by molar-refractivity contribution is -0.898. The number of likely N-dealkylation sites (N-methyl/N-ethyl adjacent to an activating group) is 1. The second-order valence-electron chi connectivity index (χ2n) is 5.84. The average molecular weight is 287 g/mol. The van der Waals surface area contributed by atoms with E-state index >= 15 is 0 Å². The largest absolute Gasteiger partial charge is 0.497 e. The Morgan fingerprint density at radius 3 is 2.67 bits per heavy atom. The van der Waals surface area contributed by atoms with Crippen LogP contribution in [0.15, 0.2) is 24.3 Å². The van der Waals surface area contributed by atoms with Gasteiger partial charge in [0.1, 0.15) is 37.4 Å². The lowest BCUT2D eigenvalue weighted by Gasteiger charge is -2.27. The number of quaternary nitrogens is 1. The summed E-state index contributed by atoms with van der Waals surface area (Å²) in [4.78, 5) is 7.74. The van der Waals surface area contributed by atoms with Crippen LogP contribution in [0.2, 0.25) is 0 Å². The first kappa shape index (κ1) is 14.1. The number of benzene rings is 1. The SMILES string of the molecule is CC[NH+]1CCN(c2cc(C)c3ccc(OC)cc3[nH+]2)CC1. The van der Waals surface area contributed by atoms with Crippen molar-refractivity contribution < 1.29 is 14.6 Å². The minimum Gasteiger partial charge on any atom is -0.497 e. The molecule has 1 saturated heterocycles. The number of hydrogen-bond donors (Lipinski definition) is 1. The molecule has 1 aliphatic rings. The number of aryl methyl sites for hydroxylation is 1. The van der Waals surface area contributed by atoms with E-state index in [1.807, 2.05) is 6.07 Å². The number of fused-ring (bicyclic) bond motifs is 1. The molecule has 0 unspecified atom stereocenters. The van der Waals surface area contributed by atoms with Crippen molar-refractivity contribution in [3.63, 3.8) is 0 Å². The van der Waals surface area contributed by atoms with Gasteiger partial charge in [-0.1, -0.05) is 0 Å². The number of anilines is 1. The van der Waals surface area contributed by atoms with E-state index in [2.05, 4.69) is 41.9 Å². The number of rotatable bonds is 3. The van der Waals surface area contributed by atoms with Crippen LogP contribution in [0.5, 0.6) is 5.75 Å². The molecule has 2 aromatic rings. The third-order valence-electron chi connectivity index (χ3n) is 4.58. The van der Waals surface area contributed by atoms with Crippen molar-refractivity contribution in [1.29, 1.82) is 0 Å². The van der Waals surface area contributed by atoms with Crippen molar-refractivity contribution in [2.75, 3.05) is 44.7 Å². The molecular formula is C17H25N3O+2. The van der Waals surface area contributed by atoms with Crippen molar-refractivity contribution in [3.05, 3.63) is 29.8 Å². The highest BCUT2D eigenvalue weighted by Gasteiger charge is 2.25. The molecule has 0 spiro atoms. The average Bonchev–Trinajstić information content (AvgIpc) is 2.54. The number of nitrogens with zero attached hydrogens (tertiary/aromatic N) is 1. The number of hydrogen-bond acceptors (Lipinski definition) is 2. The van der Waals surface area contributed by atoms with E-state index in [1.54, 1.807) is 12.0 Å². The van der Waals surface area contributed by atoms with Gasteiger partial charge in [0, 0.05) is 17.5 Å². The number of ether oxygens (including phenoxy) is 1. The number of H-pyrrole nitrogens is 1. The Bertz CT molecular complexity index is 633. The van der Waals surface area contributed by atoms with Crippen molar-refractivity contribution in [2.24, 2.45) is 0 Å². The van der Waals surface area contributed by atoms with Gasteiger partial charge in [-0.25, -0.2) is 4.98 Å². The third-order valence-corrected chi connectivity index (χ3v) is 4.58. The van der Waals surface area contributed by atoms with Crippen LogP contribution >= 0.6 is 0 Å². The zero-order valence-electron chi connectivity index (χ0n) is 13.2. The molecule has 0 radical (unpaired) electrons. The summed E-state index contributed by atoms with van der Waals surface area (Å²) in [6, 6.07) is 8.50. The van der Waals surface area contributed by atoms with Crippen molar-refractivity contribution in [1.82, 2.24) is 0 Å². The van der Waals surface area contributed by atoms with E-state index in [0.717, 1.165) is 24.4 Å². The fourth-order valence-corrected chi connectivity index (χ4v) is 3.14. The number of aromatic nitrogens is 1. The van der Waals surface area contributed by atoms with Crippen LogP contribution in [0.25, 0.3) is 10.9 Å². The van der Waals surface area contributed by atoms with Crippen LogP contribution < -0.4 is 19.5 Å². The molecule has 2 heterocycles. The van der Waals surface area contributed by atoms with E-state index < -0.39 is 0 Å². The fraction of sp³-hybridized carbons (Fsp3) is 0.471. The molecule has 4 heteroatoms.